The molecule has 1 atom stereocenters. The number of likely N-dealkylation sites (tertiary alicyclic amines) is 1. The van der Waals surface area contributed by atoms with E-state index in [1.807, 2.05) is 16.8 Å². The number of hydrogen-bond acceptors (Lipinski definition) is 4. The lowest BCUT2D eigenvalue weighted by molar-refractivity contribution is 0.232. The fourth-order valence-corrected chi connectivity index (χ4v) is 4.52. The second-order valence-electron chi connectivity index (χ2n) is 8.03. The SMILES string of the molecule is COc1ccccc1[C@H](CNCc1c(C)nn(-c2ccccc2)c1C)N1CCCC1. The first-order valence-electron chi connectivity index (χ1n) is 10.9. The van der Waals surface area contributed by atoms with Gasteiger partial charge in [-0.15, -0.1) is 0 Å². The maximum absolute atomic E-state index is 5.67. The van der Waals surface area contributed by atoms with Crippen molar-refractivity contribution in [3.05, 3.63) is 77.1 Å². The summed E-state index contributed by atoms with van der Waals surface area (Å²) >= 11 is 0. The highest BCUT2D eigenvalue weighted by Gasteiger charge is 2.25. The van der Waals surface area contributed by atoms with Gasteiger partial charge in [-0.25, -0.2) is 4.68 Å². The number of para-hydroxylation sites is 2. The highest BCUT2D eigenvalue weighted by Crippen LogP contribution is 2.31. The zero-order chi connectivity index (χ0) is 20.9. The molecule has 1 N–H and O–H groups in total. The van der Waals surface area contributed by atoms with E-state index in [0.717, 1.165) is 43.3 Å². The van der Waals surface area contributed by atoms with Crippen LogP contribution in [0.2, 0.25) is 0 Å². The zero-order valence-electron chi connectivity index (χ0n) is 18.3. The van der Waals surface area contributed by atoms with Gasteiger partial charge in [0.05, 0.1) is 24.5 Å². The average Bonchev–Trinajstić information content (AvgIpc) is 3.41. The second kappa shape index (κ2) is 9.45. The van der Waals surface area contributed by atoms with Gasteiger partial charge in [0.2, 0.25) is 0 Å². The first-order valence-corrected chi connectivity index (χ1v) is 10.9. The Balaban J connectivity index is 1.51. The molecule has 1 saturated heterocycles. The Labute approximate surface area is 179 Å². The molecule has 1 aliphatic heterocycles. The molecule has 158 valence electrons. The number of aryl methyl sites for hydroxylation is 1. The molecule has 0 spiro atoms. The molecule has 5 heteroatoms. The minimum absolute atomic E-state index is 0.313. The van der Waals surface area contributed by atoms with Crippen molar-refractivity contribution in [1.29, 1.82) is 0 Å². The lowest BCUT2D eigenvalue weighted by Gasteiger charge is -2.29. The molecule has 1 fully saturated rings. The first kappa shape index (κ1) is 20.6. The van der Waals surface area contributed by atoms with Crippen molar-refractivity contribution in [2.75, 3.05) is 26.7 Å². The zero-order valence-corrected chi connectivity index (χ0v) is 18.3. The van der Waals surface area contributed by atoms with Crippen LogP contribution in [-0.2, 0) is 6.54 Å². The van der Waals surface area contributed by atoms with Gasteiger partial charge < -0.3 is 10.1 Å². The van der Waals surface area contributed by atoms with E-state index >= 15 is 0 Å². The van der Waals surface area contributed by atoms with Gasteiger partial charge in [-0.05, 0) is 58.0 Å². The summed E-state index contributed by atoms with van der Waals surface area (Å²) in [7, 11) is 1.76. The van der Waals surface area contributed by atoms with Crippen molar-refractivity contribution < 1.29 is 4.74 Å². The van der Waals surface area contributed by atoms with E-state index in [0.29, 0.717) is 6.04 Å². The number of aromatic nitrogens is 2. The van der Waals surface area contributed by atoms with Crippen LogP contribution in [-0.4, -0.2) is 41.4 Å². The third kappa shape index (κ3) is 4.27. The molecule has 5 nitrogen and oxygen atoms in total. The quantitative estimate of drug-likeness (QED) is 0.603. The first-order chi connectivity index (χ1) is 14.7. The maximum Gasteiger partial charge on any atom is 0.123 e. The molecule has 0 bridgehead atoms. The van der Waals surface area contributed by atoms with Crippen LogP contribution in [0, 0.1) is 13.8 Å². The van der Waals surface area contributed by atoms with Gasteiger partial charge in [0.1, 0.15) is 5.75 Å². The highest BCUT2D eigenvalue weighted by molar-refractivity contribution is 5.38. The maximum atomic E-state index is 5.67. The van der Waals surface area contributed by atoms with Gasteiger partial charge in [-0.3, -0.25) is 4.90 Å². The molecule has 2 heterocycles. The number of ether oxygens (including phenoxy) is 1. The smallest absolute Gasteiger partial charge is 0.123 e. The van der Waals surface area contributed by atoms with E-state index in [2.05, 4.69) is 66.5 Å². The van der Waals surface area contributed by atoms with Crippen molar-refractivity contribution in [2.24, 2.45) is 0 Å². The summed E-state index contributed by atoms with van der Waals surface area (Å²) < 4.78 is 7.72. The Morgan fingerprint density at radius 1 is 1.00 bits per heavy atom. The molecule has 30 heavy (non-hydrogen) atoms. The molecule has 1 aliphatic rings. The van der Waals surface area contributed by atoms with Crippen molar-refractivity contribution in [3.8, 4) is 11.4 Å². The van der Waals surface area contributed by atoms with Crippen LogP contribution in [0.25, 0.3) is 5.69 Å². The minimum Gasteiger partial charge on any atom is -0.496 e. The number of rotatable bonds is 8. The van der Waals surface area contributed by atoms with E-state index in [1.54, 1.807) is 7.11 Å². The van der Waals surface area contributed by atoms with Crippen LogP contribution in [0.1, 0.15) is 41.4 Å². The summed E-state index contributed by atoms with van der Waals surface area (Å²) in [6, 6.07) is 19.1. The molecular formula is C25H32N4O. The van der Waals surface area contributed by atoms with Crippen LogP contribution in [0.5, 0.6) is 5.75 Å². The van der Waals surface area contributed by atoms with Crippen molar-refractivity contribution >= 4 is 0 Å². The molecule has 0 unspecified atom stereocenters. The molecular weight excluding hydrogens is 372 g/mol. The van der Waals surface area contributed by atoms with Crippen LogP contribution >= 0.6 is 0 Å². The highest BCUT2D eigenvalue weighted by atomic mass is 16.5. The molecule has 2 aromatic carbocycles. The molecule has 0 amide bonds. The van der Waals surface area contributed by atoms with Gasteiger partial charge >= 0.3 is 0 Å². The predicted octanol–water partition coefficient (Wildman–Crippen LogP) is 4.42. The van der Waals surface area contributed by atoms with Gasteiger partial charge in [-0.2, -0.15) is 5.10 Å². The number of nitrogens with zero attached hydrogens (tertiary/aromatic N) is 3. The monoisotopic (exact) mass is 404 g/mol. The minimum atomic E-state index is 0.313. The number of nitrogens with one attached hydrogen (secondary N) is 1. The van der Waals surface area contributed by atoms with Gasteiger partial charge in [0.25, 0.3) is 0 Å². The predicted molar refractivity (Wildman–Crippen MR) is 121 cm³/mol. The topological polar surface area (TPSA) is 42.3 Å². The Bertz CT molecular complexity index is 961. The van der Waals surface area contributed by atoms with E-state index in [1.165, 1.54) is 29.7 Å². The Morgan fingerprint density at radius 2 is 1.70 bits per heavy atom. The van der Waals surface area contributed by atoms with Crippen molar-refractivity contribution in [3.63, 3.8) is 0 Å². The molecule has 1 aromatic heterocycles. The van der Waals surface area contributed by atoms with Crippen LogP contribution < -0.4 is 10.1 Å². The van der Waals surface area contributed by atoms with Crippen LogP contribution in [0.4, 0.5) is 0 Å². The summed E-state index contributed by atoms with van der Waals surface area (Å²) in [5, 5.41) is 8.51. The van der Waals surface area contributed by atoms with Crippen LogP contribution in [0.3, 0.4) is 0 Å². The summed E-state index contributed by atoms with van der Waals surface area (Å²) in [6.07, 6.45) is 2.54. The Kier molecular flexibility index (Phi) is 6.50. The van der Waals surface area contributed by atoms with Gasteiger partial charge in [0, 0.05) is 29.9 Å². The fourth-order valence-electron chi connectivity index (χ4n) is 4.52. The Hall–Kier alpha value is -2.63. The number of hydrogen-bond donors (Lipinski definition) is 1. The molecule has 0 saturated carbocycles. The van der Waals surface area contributed by atoms with E-state index in [9.17, 15) is 0 Å². The standard InChI is InChI=1S/C25H32N4O/c1-19-23(20(2)29(27-19)21-11-5-4-6-12-21)17-26-18-24(28-15-9-10-16-28)22-13-7-8-14-25(22)30-3/h4-8,11-14,24,26H,9-10,15-18H2,1-3H3/t24-/m0/s1. The van der Waals surface area contributed by atoms with Crippen LogP contribution in [0.15, 0.2) is 54.6 Å². The molecule has 3 aromatic rings. The summed E-state index contributed by atoms with van der Waals surface area (Å²) in [5.74, 6) is 0.973. The molecule has 4 rings (SSSR count). The lowest BCUT2D eigenvalue weighted by Crippen LogP contribution is -2.34. The molecule has 0 radical (unpaired) electrons. The number of methoxy groups -OCH3 is 1. The van der Waals surface area contributed by atoms with Gasteiger partial charge in [0.15, 0.2) is 0 Å². The van der Waals surface area contributed by atoms with Crippen molar-refractivity contribution in [2.45, 2.75) is 39.3 Å². The molecule has 0 aliphatic carbocycles. The summed E-state index contributed by atoms with van der Waals surface area (Å²) in [6.45, 7) is 8.24. The third-order valence-electron chi connectivity index (χ3n) is 6.16. The Morgan fingerprint density at radius 3 is 2.43 bits per heavy atom. The van der Waals surface area contributed by atoms with E-state index in [4.69, 9.17) is 9.84 Å². The van der Waals surface area contributed by atoms with E-state index < -0.39 is 0 Å². The third-order valence-corrected chi connectivity index (χ3v) is 6.16. The largest absolute Gasteiger partial charge is 0.496 e. The average molecular weight is 405 g/mol. The van der Waals surface area contributed by atoms with Gasteiger partial charge in [-0.1, -0.05) is 36.4 Å². The second-order valence-corrected chi connectivity index (χ2v) is 8.03. The number of benzene rings is 2. The normalized spacial score (nSPS) is 15.4. The summed E-state index contributed by atoms with van der Waals surface area (Å²) in [5.41, 5.74) is 5.93. The fraction of sp³-hybridized carbons (Fsp3) is 0.400. The van der Waals surface area contributed by atoms with Crippen molar-refractivity contribution in [1.82, 2.24) is 20.0 Å². The van der Waals surface area contributed by atoms with E-state index in [-0.39, 0.29) is 0 Å². The lowest BCUT2D eigenvalue weighted by atomic mass is 10.0. The summed E-state index contributed by atoms with van der Waals surface area (Å²) in [4.78, 5) is 2.58.